The van der Waals surface area contributed by atoms with Crippen molar-refractivity contribution in [2.45, 2.75) is 27.7 Å². The van der Waals surface area contributed by atoms with Crippen molar-refractivity contribution in [2.24, 2.45) is 0 Å². The van der Waals surface area contributed by atoms with Gasteiger partial charge in [-0.05, 0) is 64.1 Å². The molecule has 0 atom stereocenters. The van der Waals surface area contributed by atoms with Crippen molar-refractivity contribution in [1.29, 1.82) is 0 Å². The summed E-state index contributed by atoms with van der Waals surface area (Å²) >= 11 is 24.2. The second-order valence-corrected chi connectivity index (χ2v) is 14.5. The fourth-order valence-electron chi connectivity index (χ4n) is 5.89. The maximum Gasteiger partial charge on any atom is 0.414 e. The number of rotatable bonds is 12. The Kier molecular flexibility index (Phi) is 17.8. The maximum absolute atomic E-state index is 12.1. The molecular weight excluding hydrogens is 842 g/mol. The molecule has 0 saturated carbocycles. The number of aromatic nitrogens is 4. The molecule has 0 spiro atoms. The number of carboxylic acids is 2. The van der Waals surface area contributed by atoms with Gasteiger partial charge in [0.25, 0.3) is 0 Å². The summed E-state index contributed by atoms with van der Waals surface area (Å²) in [6.45, 7) is 15.6. The summed E-state index contributed by atoms with van der Waals surface area (Å²) in [6.07, 6.45) is 0. The van der Waals surface area contributed by atoms with Gasteiger partial charge in [0.1, 0.15) is 24.3 Å². The van der Waals surface area contributed by atoms with Gasteiger partial charge in [0.05, 0.1) is 69.3 Å². The van der Waals surface area contributed by atoms with Gasteiger partial charge in [0, 0.05) is 39.3 Å². The van der Waals surface area contributed by atoms with Crippen molar-refractivity contribution in [1.82, 2.24) is 29.4 Å². The van der Waals surface area contributed by atoms with Crippen LogP contribution >= 0.6 is 46.4 Å². The molecule has 16 nitrogen and oxygen atoms in total. The minimum absolute atomic E-state index is 0.0878. The number of benzene rings is 2. The van der Waals surface area contributed by atoms with Gasteiger partial charge in [0.2, 0.25) is 11.8 Å². The van der Waals surface area contributed by atoms with Crippen LogP contribution in [0, 0.1) is 13.8 Å². The van der Waals surface area contributed by atoms with E-state index in [2.05, 4.69) is 20.0 Å². The number of nitrogens with zero attached hydrogens (tertiary/aromatic N) is 6. The molecule has 0 amide bonds. The zero-order chi connectivity index (χ0) is 42.5. The van der Waals surface area contributed by atoms with Crippen LogP contribution in [-0.4, -0.2) is 142 Å². The smallest absolute Gasteiger partial charge is 0.414 e. The minimum atomic E-state index is -1.82. The first kappa shape index (κ1) is 46.4. The Labute approximate surface area is 355 Å². The van der Waals surface area contributed by atoms with Crippen molar-refractivity contribution in [3.05, 3.63) is 79.0 Å². The molecule has 4 heterocycles. The summed E-state index contributed by atoms with van der Waals surface area (Å²) in [5.74, 6) is -3.14. The van der Waals surface area contributed by atoms with Gasteiger partial charge in [-0.25, -0.2) is 19.0 Å². The van der Waals surface area contributed by atoms with Crippen molar-refractivity contribution in [3.8, 4) is 23.1 Å². The zero-order valence-electron chi connectivity index (χ0n) is 32.3. The summed E-state index contributed by atoms with van der Waals surface area (Å²) in [6, 6.07) is 10.4. The van der Waals surface area contributed by atoms with E-state index in [0.717, 1.165) is 77.1 Å². The van der Waals surface area contributed by atoms with Crippen LogP contribution in [0.4, 0.5) is 0 Å². The van der Waals surface area contributed by atoms with Gasteiger partial charge in [-0.3, -0.25) is 19.4 Å². The van der Waals surface area contributed by atoms with Crippen LogP contribution in [0.25, 0.3) is 11.4 Å². The number of ether oxygens (including phenoxy) is 4. The average molecular weight is 887 g/mol. The number of morpholine rings is 2. The Morgan fingerprint density at radius 2 is 0.966 bits per heavy atom. The van der Waals surface area contributed by atoms with Crippen LogP contribution in [0.15, 0.2) is 36.4 Å². The predicted molar refractivity (Wildman–Crippen MR) is 217 cm³/mol. The van der Waals surface area contributed by atoms with Gasteiger partial charge in [-0.15, -0.1) is 10.2 Å². The lowest BCUT2D eigenvalue weighted by Crippen LogP contribution is -2.38. The van der Waals surface area contributed by atoms with E-state index in [9.17, 15) is 9.59 Å². The lowest BCUT2D eigenvalue weighted by molar-refractivity contribution is -0.159. The van der Waals surface area contributed by atoms with Crippen LogP contribution < -0.4 is 9.47 Å². The molecule has 2 fully saturated rings. The highest BCUT2D eigenvalue weighted by atomic mass is 35.5. The van der Waals surface area contributed by atoms with E-state index in [1.165, 1.54) is 13.8 Å². The third-order valence-electron chi connectivity index (χ3n) is 8.85. The molecule has 0 unspecified atom stereocenters. The van der Waals surface area contributed by atoms with Gasteiger partial charge < -0.3 is 29.2 Å². The molecule has 2 aromatic carbocycles. The molecule has 58 heavy (non-hydrogen) atoms. The first-order chi connectivity index (χ1) is 27.6. The highest BCUT2D eigenvalue weighted by Gasteiger charge is 2.23. The van der Waals surface area contributed by atoms with E-state index in [1.807, 2.05) is 13.8 Å². The minimum Gasteiger partial charge on any atom is -0.475 e. The third kappa shape index (κ3) is 12.9. The molecule has 0 aliphatic carbocycles. The Morgan fingerprint density at radius 1 is 0.621 bits per heavy atom. The first-order valence-corrected chi connectivity index (χ1v) is 19.5. The third-order valence-corrected chi connectivity index (χ3v) is 10.3. The van der Waals surface area contributed by atoms with E-state index >= 15 is 0 Å². The van der Waals surface area contributed by atoms with Gasteiger partial charge >= 0.3 is 11.9 Å². The number of carbonyl (C=O) groups is 4. The van der Waals surface area contributed by atoms with Crippen molar-refractivity contribution >= 4 is 69.9 Å². The van der Waals surface area contributed by atoms with Crippen molar-refractivity contribution < 1.29 is 48.3 Å². The average Bonchev–Trinajstić information content (AvgIpc) is 3.70. The molecule has 2 aromatic heterocycles. The number of ketones is 2. The zero-order valence-corrected chi connectivity index (χ0v) is 35.3. The van der Waals surface area contributed by atoms with E-state index in [1.54, 1.807) is 45.8 Å². The molecule has 314 valence electrons. The first-order valence-electron chi connectivity index (χ1n) is 18.0. The van der Waals surface area contributed by atoms with Crippen molar-refractivity contribution in [3.63, 3.8) is 0 Å². The Hall–Kier alpha value is -4.26. The molecule has 20 heteroatoms. The topological polar surface area (TPSA) is 188 Å². The Morgan fingerprint density at radius 3 is 1.26 bits per heavy atom. The number of hydrogen-bond acceptors (Lipinski definition) is 12. The number of halogens is 4. The largest absolute Gasteiger partial charge is 0.475 e. The van der Waals surface area contributed by atoms with E-state index in [-0.39, 0.29) is 11.6 Å². The number of Topliss-reactive ketones (excluding diaryl/α,β-unsaturated/α-hetero) is 2. The number of aliphatic carboxylic acids is 2. The molecule has 0 bridgehead atoms. The molecule has 4 aromatic rings. The quantitative estimate of drug-likeness (QED) is 0.125. The lowest BCUT2D eigenvalue weighted by atomic mass is 10.2. The van der Waals surface area contributed by atoms with E-state index in [4.69, 9.17) is 85.2 Å². The van der Waals surface area contributed by atoms with Crippen LogP contribution in [0.1, 0.15) is 46.0 Å². The van der Waals surface area contributed by atoms with Crippen molar-refractivity contribution in [2.75, 3.05) is 78.9 Å². The Balaban J connectivity index is 0.000000225. The van der Waals surface area contributed by atoms with Gasteiger partial charge in [-0.2, -0.15) is 0 Å². The summed E-state index contributed by atoms with van der Waals surface area (Å²) in [4.78, 5) is 46.9. The fourth-order valence-corrected chi connectivity index (χ4v) is 6.48. The molecule has 2 N–H and O–H groups in total. The molecule has 0 radical (unpaired) electrons. The highest BCUT2D eigenvalue weighted by Crippen LogP contribution is 2.30. The second kappa shape index (κ2) is 22.2. The fraction of sp³-hybridized carbons (Fsp3) is 0.421. The molecule has 2 saturated heterocycles. The van der Waals surface area contributed by atoms with E-state index < -0.39 is 11.9 Å². The summed E-state index contributed by atoms with van der Waals surface area (Å²) in [5, 5.41) is 25.5. The second-order valence-electron chi connectivity index (χ2n) is 12.9. The molecule has 2 aliphatic rings. The Bertz CT molecular complexity index is 1930. The van der Waals surface area contributed by atoms with Crippen LogP contribution in [0.5, 0.6) is 11.8 Å². The lowest BCUT2D eigenvalue weighted by Gasteiger charge is -2.26. The molecule has 6 rings (SSSR count). The van der Waals surface area contributed by atoms with Gasteiger partial charge in [0.15, 0.2) is 11.6 Å². The maximum atomic E-state index is 12.1. The SMILES string of the molecule is CC(=O)c1c(OCCN2CCOCC2)nn(-c2ccc(Cl)c(Cl)c2)c1C.CC(=O)c1c(OCCN2CCOCC2)nn(-c2ccc(Cl)c(Cl)c2)c1C.O=C(O)C(=O)O. The van der Waals surface area contributed by atoms with Crippen LogP contribution in [0.2, 0.25) is 20.1 Å². The normalized spacial score (nSPS) is 14.4. The molecule has 2 aliphatic heterocycles. The van der Waals surface area contributed by atoms with E-state index in [0.29, 0.717) is 67.6 Å². The summed E-state index contributed by atoms with van der Waals surface area (Å²) in [7, 11) is 0. The van der Waals surface area contributed by atoms with Crippen LogP contribution in [-0.2, 0) is 19.1 Å². The predicted octanol–water partition coefficient (Wildman–Crippen LogP) is 5.96. The molecular formula is C38H44Cl4N6O10. The van der Waals surface area contributed by atoms with Gasteiger partial charge in [-0.1, -0.05) is 46.4 Å². The summed E-state index contributed by atoms with van der Waals surface area (Å²) < 4.78 is 25.7. The number of carboxylic acid groups (broad SMARTS) is 2. The number of carbonyl (C=O) groups excluding carboxylic acids is 2. The summed E-state index contributed by atoms with van der Waals surface area (Å²) in [5.41, 5.74) is 3.83. The monoisotopic (exact) mass is 884 g/mol. The standard InChI is InChI=1S/2C18H21Cl2N3O3.C2H2O4/c2*1-12-17(13(2)24)18(26-10-7-22-5-8-25-9-6-22)21-23(12)14-3-4-15(19)16(20)11-14;3-1(4)2(5)6/h2*3-4,11H,5-10H2,1-2H3;(H,3,4)(H,5,6). The number of hydrogen-bond donors (Lipinski definition) is 2. The highest BCUT2D eigenvalue weighted by molar-refractivity contribution is 6.42. The van der Waals surface area contributed by atoms with Crippen LogP contribution in [0.3, 0.4) is 0 Å².